The first-order chi connectivity index (χ1) is 8.37. The summed E-state index contributed by atoms with van der Waals surface area (Å²) >= 11 is 0. The Morgan fingerprint density at radius 1 is 1.50 bits per heavy atom. The van der Waals surface area contributed by atoms with Gasteiger partial charge in [0.05, 0.1) is 0 Å². The van der Waals surface area contributed by atoms with E-state index in [1.54, 1.807) is 0 Å². The molecule has 1 aliphatic rings. The molecule has 2 atom stereocenters. The van der Waals surface area contributed by atoms with Gasteiger partial charge in [0.1, 0.15) is 6.10 Å². The minimum Gasteiger partial charge on any atom is -0.478 e. The van der Waals surface area contributed by atoms with E-state index in [4.69, 9.17) is 14.6 Å². The first kappa shape index (κ1) is 14.1. The largest absolute Gasteiger partial charge is 0.478 e. The van der Waals surface area contributed by atoms with Crippen molar-refractivity contribution in [2.24, 2.45) is 0 Å². The number of aliphatic hydroxyl groups is 1. The van der Waals surface area contributed by atoms with E-state index in [0.29, 0.717) is 5.57 Å². The molecule has 0 saturated carbocycles. The van der Waals surface area contributed by atoms with Crippen LogP contribution in [0.25, 0.3) is 0 Å². The zero-order valence-corrected chi connectivity index (χ0v) is 9.99. The van der Waals surface area contributed by atoms with Crippen LogP contribution in [0.2, 0.25) is 0 Å². The molecule has 6 nitrogen and oxygen atoms in total. The Bertz CT molecular complexity index is 434. The highest BCUT2D eigenvalue weighted by Crippen LogP contribution is 2.25. The Labute approximate surface area is 104 Å². The van der Waals surface area contributed by atoms with E-state index in [0.717, 1.165) is 6.08 Å². The number of hydrogen-bond donors (Lipinski definition) is 2. The minimum atomic E-state index is -1.87. The first-order valence-corrected chi connectivity index (χ1v) is 5.14. The van der Waals surface area contributed by atoms with Crippen LogP contribution in [0.3, 0.4) is 0 Å². The van der Waals surface area contributed by atoms with Gasteiger partial charge in [0.2, 0.25) is 0 Å². The van der Waals surface area contributed by atoms with Gasteiger partial charge >= 0.3 is 11.9 Å². The number of esters is 1. The zero-order chi connectivity index (χ0) is 13.8. The van der Waals surface area contributed by atoms with E-state index >= 15 is 0 Å². The van der Waals surface area contributed by atoms with Crippen LogP contribution in [-0.4, -0.2) is 41.2 Å². The lowest BCUT2D eigenvalue weighted by Crippen LogP contribution is -2.45. The third-order valence-electron chi connectivity index (χ3n) is 2.25. The summed E-state index contributed by atoms with van der Waals surface area (Å²) < 4.78 is 9.78. The van der Waals surface area contributed by atoms with Crippen LogP contribution in [0.4, 0.5) is 0 Å². The molecule has 0 radical (unpaired) electrons. The molecule has 0 spiro atoms. The number of carbonyl (C=O) groups is 2. The predicted octanol–water partition coefficient (Wildman–Crippen LogP) is 0.390. The van der Waals surface area contributed by atoms with Gasteiger partial charge in [0, 0.05) is 20.1 Å². The van der Waals surface area contributed by atoms with Gasteiger partial charge in [-0.15, -0.1) is 0 Å². The molecule has 0 saturated heterocycles. The number of carboxylic acids is 1. The predicted molar refractivity (Wildman–Crippen MR) is 61.5 cm³/mol. The molecule has 0 aromatic carbocycles. The third kappa shape index (κ3) is 3.54. The summed E-state index contributed by atoms with van der Waals surface area (Å²) in [7, 11) is 1.34. The van der Waals surface area contributed by atoms with Crippen LogP contribution in [0, 0.1) is 0 Å². The fourth-order valence-corrected chi connectivity index (χ4v) is 1.50. The maximum absolute atomic E-state index is 10.9. The number of carboxylic acid groups (broad SMARTS) is 1. The number of methoxy groups -OCH3 is 1. The van der Waals surface area contributed by atoms with Gasteiger partial charge in [-0.2, -0.15) is 0 Å². The maximum atomic E-state index is 10.9. The summed E-state index contributed by atoms with van der Waals surface area (Å²) in [6, 6.07) is 0. The molecular weight excluding hydrogens is 240 g/mol. The molecular formula is C12H14O6. The Morgan fingerprint density at radius 3 is 2.67 bits per heavy atom. The second-order valence-electron chi connectivity index (χ2n) is 3.67. The summed E-state index contributed by atoms with van der Waals surface area (Å²) in [5.41, 5.74) is 0.529. The van der Waals surface area contributed by atoms with Crippen molar-refractivity contribution in [2.75, 3.05) is 7.11 Å². The lowest BCUT2D eigenvalue weighted by atomic mass is 9.98. The Balaban J connectivity index is 2.91. The van der Waals surface area contributed by atoms with Crippen molar-refractivity contribution < 1.29 is 29.3 Å². The second-order valence-corrected chi connectivity index (χ2v) is 3.67. The molecule has 0 aromatic rings. The molecule has 18 heavy (non-hydrogen) atoms. The molecule has 1 rings (SSSR count). The lowest BCUT2D eigenvalue weighted by molar-refractivity contribution is -0.217. The number of carbonyl (C=O) groups excluding carboxylic acids is 1. The highest BCUT2D eigenvalue weighted by Gasteiger charge is 2.38. The molecule has 98 valence electrons. The number of aliphatic carboxylic acids is 1. The van der Waals surface area contributed by atoms with E-state index in [1.165, 1.54) is 38.3 Å². The van der Waals surface area contributed by atoms with Gasteiger partial charge in [-0.25, -0.2) is 4.79 Å². The van der Waals surface area contributed by atoms with Crippen molar-refractivity contribution in [3.8, 4) is 0 Å². The molecule has 0 bridgehead atoms. The number of hydrogen-bond acceptors (Lipinski definition) is 5. The summed E-state index contributed by atoms with van der Waals surface area (Å²) in [6.07, 6.45) is 5.54. The molecule has 1 aliphatic carbocycles. The quantitative estimate of drug-likeness (QED) is 0.428. The average molecular weight is 254 g/mol. The normalized spacial score (nSPS) is 27.1. The fraction of sp³-hybridized carbons (Fsp3) is 0.333. The first-order valence-electron chi connectivity index (χ1n) is 5.14. The van der Waals surface area contributed by atoms with Crippen molar-refractivity contribution >= 4 is 11.9 Å². The van der Waals surface area contributed by atoms with E-state index < -0.39 is 23.8 Å². The topological polar surface area (TPSA) is 93.1 Å². The van der Waals surface area contributed by atoms with Gasteiger partial charge < -0.3 is 19.7 Å². The maximum Gasteiger partial charge on any atom is 0.328 e. The van der Waals surface area contributed by atoms with Gasteiger partial charge in [0.25, 0.3) is 5.79 Å². The van der Waals surface area contributed by atoms with Crippen LogP contribution in [0.1, 0.15) is 6.92 Å². The van der Waals surface area contributed by atoms with Gasteiger partial charge in [-0.1, -0.05) is 6.08 Å². The van der Waals surface area contributed by atoms with E-state index in [1.807, 2.05) is 0 Å². The van der Waals surface area contributed by atoms with Crippen molar-refractivity contribution in [3.05, 3.63) is 36.0 Å². The van der Waals surface area contributed by atoms with Crippen molar-refractivity contribution in [1.82, 2.24) is 0 Å². The van der Waals surface area contributed by atoms with Crippen molar-refractivity contribution in [2.45, 2.75) is 18.8 Å². The van der Waals surface area contributed by atoms with Crippen LogP contribution in [0.15, 0.2) is 36.0 Å². The third-order valence-corrected chi connectivity index (χ3v) is 2.25. The average Bonchev–Trinajstić information content (AvgIpc) is 2.26. The van der Waals surface area contributed by atoms with Crippen molar-refractivity contribution in [1.29, 1.82) is 0 Å². The van der Waals surface area contributed by atoms with Gasteiger partial charge in [-0.3, -0.25) is 4.79 Å². The number of rotatable bonds is 4. The van der Waals surface area contributed by atoms with Gasteiger partial charge in [0.15, 0.2) is 0 Å². The van der Waals surface area contributed by atoms with Crippen LogP contribution in [-0.2, 0) is 19.1 Å². The van der Waals surface area contributed by atoms with E-state index in [-0.39, 0.29) is 0 Å². The number of ether oxygens (including phenoxy) is 2. The van der Waals surface area contributed by atoms with Crippen LogP contribution < -0.4 is 0 Å². The molecule has 2 N–H and O–H groups in total. The Hall–Kier alpha value is -1.92. The van der Waals surface area contributed by atoms with E-state index in [2.05, 4.69) is 0 Å². The summed E-state index contributed by atoms with van der Waals surface area (Å²) in [5, 5.41) is 18.6. The molecule has 2 unspecified atom stereocenters. The lowest BCUT2D eigenvalue weighted by Gasteiger charge is -2.32. The molecule has 6 heteroatoms. The minimum absolute atomic E-state index is 0.529. The molecule has 0 amide bonds. The molecule has 0 aromatic heterocycles. The smallest absolute Gasteiger partial charge is 0.328 e. The summed E-state index contributed by atoms with van der Waals surface area (Å²) in [5.74, 6) is -3.61. The Morgan fingerprint density at radius 2 is 2.17 bits per heavy atom. The second kappa shape index (κ2) is 5.61. The molecule has 0 aliphatic heterocycles. The van der Waals surface area contributed by atoms with Crippen LogP contribution >= 0.6 is 0 Å². The monoisotopic (exact) mass is 254 g/mol. The Kier molecular flexibility index (Phi) is 4.41. The van der Waals surface area contributed by atoms with Crippen molar-refractivity contribution in [3.63, 3.8) is 0 Å². The molecule has 0 heterocycles. The number of allylic oxidation sites excluding steroid dienone is 3. The fourth-order valence-electron chi connectivity index (χ4n) is 1.50. The summed E-state index contributed by atoms with van der Waals surface area (Å²) in [6.45, 7) is 1.17. The highest BCUT2D eigenvalue weighted by molar-refractivity contribution is 5.80. The zero-order valence-electron chi connectivity index (χ0n) is 9.99. The standard InChI is InChI=1S/C12H14O6/c1-8(13)18-12(16)6-5-9(3-4-11(14)15)7-10(12)17-2/h3-7,10,16H,1-2H3,(H,14,15)/b4-3+. The SMILES string of the molecule is COC1C=C(/C=C/C(=O)O)C=CC1(O)OC(C)=O. The van der Waals surface area contributed by atoms with Crippen LogP contribution in [0.5, 0.6) is 0 Å². The highest BCUT2D eigenvalue weighted by atomic mass is 16.7. The molecule has 0 fully saturated rings. The van der Waals surface area contributed by atoms with E-state index in [9.17, 15) is 14.7 Å². The van der Waals surface area contributed by atoms with Gasteiger partial charge in [-0.05, 0) is 23.8 Å². The summed E-state index contributed by atoms with van der Waals surface area (Å²) in [4.78, 5) is 21.3.